The summed E-state index contributed by atoms with van der Waals surface area (Å²) < 4.78 is 29.3. The molecule has 1 atom stereocenters. The van der Waals surface area contributed by atoms with E-state index < -0.39 is 27.4 Å². The molecule has 0 bridgehead atoms. The molecule has 29 heavy (non-hydrogen) atoms. The lowest BCUT2D eigenvalue weighted by atomic mass is 10.1. The molecular formula is C21H18ClNO5S. The minimum Gasteiger partial charge on any atom is -0.422 e. The Balaban J connectivity index is 1.73. The molecule has 0 radical (unpaired) electrons. The van der Waals surface area contributed by atoms with Gasteiger partial charge in [0.25, 0.3) is 5.91 Å². The summed E-state index contributed by atoms with van der Waals surface area (Å²) in [5.41, 5.74) is 0.330. The van der Waals surface area contributed by atoms with E-state index in [1.54, 1.807) is 48.5 Å². The standard InChI is InChI=1S/C21H18ClNO5S/c22-16-7-5-14(6-8-16)12-23(17-9-10-29(26,27)13-17)20(24)18-11-15-3-1-2-4-19(15)28-21(18)25/h1-8,11,17H,9-10,12-13H2/t17-/m1/s1. The van der Waals surface area contributed by atoms with Gasteiger partial charge in [-0.05, 0) is 36.2 Å². The summed E-state index contributed by atoms with van der Waals surface area (Å²) in [6.07, 6.45) is 0.334. The number of halogens is 1. The van der Waals surface area contributed by atoms with E-state index in [0.29, 0.717) is 22.4 Å². The fourth-order valence-corrected chi connectivity index (χ4v) is 5.40. The third-order valence-corrected chi connectivity index (χ3v) is 7.05. The predicted octanol–water partition coefficient (Wildman–Crippen LogP) is 3.28. The Morgan fingerprint density at radius 3 is 2.55 bits per heavy atom. The number of carbonyl (C=O) groups excluding carboxylic acids is 1. The molecule has 0 saturated carbocycles. The highest BCUT2D eigenvalue weighted by atomic mass is 35.5. The van der Waals surface area contributed by atoms with Crippen LogP contribution in [0.5, 0.6) is 0 Å². The molecule has 1 aliphatic rings. The van der Waals surface area contributed by atoms with Crippen LogP contribution in [0.1, 0.15) is 22.3 Å². The Bertz CT molecular complexity index is 1230. The average molecular weight is 432 g/mol. The van der Waals surface area contributed by atoms with Crippen LogP contribution in [0.4, 0.5) is 0 Å². The number of nitrogens with zero attached hydrogens (tertiary/aromatic N) is 1. The zero-order valence-electron chi connectivity index (χ0n) is 15.4. The van der Waals surface area contributed by atoms with Gasteiger partial charge in [0.2, 0.25) is 0 Å². The van der Waals surface area contributed by atoms with E-state index >= 15 is 0 Å². The van der Waals surface area contributed by atoms with Crippen molar-refractivity contribution in [1.82, 2.24) is 4.90 Å². The number of amides is 1. The minimum atomic E-state index is -3.22. The second-order valence-electron chi connectivity index (χ2n) is 7.10. The highest BCUT2D eigenvalue weighted by Crippen LogP contribution is 2.23. The van der Waals surface area contributed by atoms with Crippen LogP contribution in [-0.2, 0) is 16.4 Å². The summed E-state index contributed by atoms with van der Waals surface area (Å²) in [7, 11) is -3.22. The average Bonchev–Trinajstić information content (AvgIpc) is 3.06. The number of para-hydroxylation sites is 1. The lowest BCUT2D eigenvalue weighted by Crippen LogP contribution is -2.42. The van der Waals surface area contributed by atoms with Crippen LogP contribution in [-0.4, -0.2) is 36.8 Å². The first-order chi connectivity index (χ1) is 13.8. The molecule has 0 N–H and O–H groups in total. The van der Waals surface area contributed by atoms with E-state index in [0.717, 1.165) is 5.56 Å². The maximum atomic E-state index is 13.3. The Kier molecular flexibility index (Phi) is 5.19. The van der Waals surface area contributed by atoms with Crippen molar-refractivity contribution in [3.8, 4) is 0 Å². The Hall–Kier alpha value is -2.64. The second-order valence-corrected chi connectivity index (χ2v) is 9.77. The van der Waals surface area contributed by atoms with Gasteiger partial charge >= 0.3 is 5.63 Å². The van der Waals surface area contributed by atoms with E-state index in [-0.39, 0.29) is 23.6 Å². The summed E-state index contributed by atoms with van der Waals surface area (Å²) in [5.74, 6) is -0.638. The van der Waals surface area contributed by atoms with E-state index in [1.165, 1.54) is 11.0 Å². The number of sulfone groups is 1. The maximum Gasteiger partial charge on any atom is 0.349 e. The molecule has 0 spiro atoms. The van der Waals surface area contributed by atoms with Gasteiger partial charge in [-0.15, -0.1) is 0 Å². The first kappa shape index (κ1) is 19.7. The molecule has 3 aromatic rings. The van der Waals surface area contributed by atoms with Gasteiger partial charge in [0.1, 0.15) is 11.1 Å². The lowest BCUT2D eigenvalue weighted by Gasteiger charge is -2.28. The molecule has 2 heterocycles. The monoisotopic (exact) mass is 431 g/mol. The molecule has 1 amide bonds. The topological polar surface area (TPSA) is 84.7 Å². The van der Waals surface area contributed by atoms with Gasteiger partial charge in [0.05, 0.1) is 11.5 Å². The Morgan fingerprint density at radius 1 is 1.14 bits per heavy atom. The molecule has 0 aliphatic carbocycles. The first-order valence-electron chi connectivity index (χ1n) is 9.11. The molecule has 2 aromatic carbocycles. The van der Waals surface area contributed by atoms with Crippen LogP contribution in [0, 0.1) is 0 Å². The van der Waals surface area contributed by atoms with Crippen molar-refractivity contribution >= 4 is 38.3 Å². The van der Waals surface area contributed by atoms with Gasteiger partial charge in [-0.3, -0.25) is 4.79 Å². The lowest BCUT2D eigenvalue weighted by molar-refractivity contribution is 0.0676. The molecule has 0 unspecified atom stereocenters. The Morgan fingerprint density at radius 2 is 1.86 bits per heavy atom. The fraction of sp³-hybridized carbons (Fsp3) is 0.238. The number of carbonyl (C=O) groups is 1. The van der Waals surface area contributed by atoms with Crippen molar-refractivity contribution in [1.29, 1.82) is 0 Å². The van der Waals surface area contributed by atoms with Crippen molar-refractivity contribution in [2.75, 3.05) is 11.5 Å². The Labute approximate surface area is 172 Å². The minimum absolute atomic E-state index is 0.0222. The van der Waals surface area contributed by atoms with Crippen LogP contribution < -0.4 is 5.63 Å². The van der Waals surface area contributed by atoms with E-state index in [1.807, 2.05) is 0 Å². The van der Waals surface area contributed by atoms with Crippen molar-refractivity contribution < 1.29 is 17.6 Å². The SMILES string of the molecule is O=C(c1cc2ccccc2oc1=O)N(Cc1ccc(Cl)cc1)[C@@H]1CCS(=O)(=O)C1. The number of rotatable bonds is 4. The van der Waals surface area contributed by atoms with Crippen molar-refractivity contribution in [2.24, 2.45) is 0 Å². The summed E-state index contributed by atoms with van der Waals surface area (Å²) in [5, 5.41) is 1.19. The predicted molar refractivity (Wildman–Crippen MR) is 111 cm³/mol. The van der Waals surface area contributed by atoms with Gasteiger partial charge in [-0.1, -0.05) is 41.9 Å². The van der Waals surface area contributed by atoms with Crippen LogP contribution in [0.25, 0.3) is 11.0 Å². The van der Waals surface area contributed by atoms with E-state index in [4.69, 9.17) is 16.0 Å². The second kappa shape index (κ2) is 7.65. The fourth-order valence-electron chi connectivity index (χ4n) is 3.54. The van der Waals surface area contributed by atoms with Gasteiger partial charge in [-0.25, -0.2) is 13.2 Å². The van der Waals surface area contributed by atoms with Crippen LogP contribution >= 0.6 is 11.6 Å². The molecule has 4 rings (SSSR count). The highest BCUT2D eigenvalue weighted by Gasteiger charge is 2.36. The zero-order valence-corrected chi connectivity index (χ0v) is 16.9. The molecule has 1 aromatic heterocycles. The zero-order chi connectivity index (χ0) is 20.6. The van der Waals surface area contributed by atoms with Gasteiger partial charge < -0.3 is 9.32 Å². The first-order valence-corrected chi connectivity index (χ1v) is 11.3. The third-order valence-electron chi connectivity index (χ3n) is 5.05. The van der Waals surface area contributed by atoms with Crippen molar-refractivity contribution in [2.45, 2.75) is 19.0 Å². The summed E-state index contributed by atoms with van der Waals surface area (Å²) in [6.45, 7) is 0.169. The molecule has 1 aliphatic heterocycles. The summed E-state index contributed by atoms with van der Waals surface area (Å²) in [4.78, 5) is 27.2. The number of hydrogen-bond acceptors (Lipinski definition) is 5. The quantitative estimate of drug-likeness (QED) is 0.592. The third kappa shape index (κ3) is 4.21. The van der Waals surface area contributed by atoms with Crippen LogP contribution in [0.15, 0.2) is 63.8 Å². The molecule has 1 saturated heterocycles. The van der Waals surface area contributed by atoms with Gasteiger partial charge in [0.15, 0.2) is 9.84 Å². The smallest absolute Gasteiger partial charge is 0.349 e. The van der Waals surface area contributed by atoms with Crippen molar-refractivity contribution in [3.63, 3.8) is 0 Å². The maximum absolute atomic E-state index is 13.3. The number of fused-ring (bicyclic) bond motifs is 1. The number of hydrogen-bond donors (Lipinski definition) is 0. The van der Waals surface area contributed by atoms with Crippen LogP contribution in [0.2, 0.25) is 5.02 Å². The largest absolute Gasteiger partial charge is 0.422 e. The summed E-state index contributed by atoms with van der Waals surface area (Å²) in [6, 6.07) is 14.9. The molecule has 150 valence electrons. The normalized spacial score (nSPS) is 18.0. The summed E-state index contributed by atoms with van der Waals surface area (Å²) >= 11 is 5.93. The molecule has 8 heteroatoms. The van der Waals surface area contributed by atoms with Gasteiger partial charge in [-0.2, -0.15) is 0 Å². The highest BCUT2D eigenvalue weighted by molar-refractivity contribution is 7.91. The molecule has 1 fully saturated rings. The molecule has 6 nitrogen and oxygen atoms in total. The van der Waals surface area contributed by atoms with E-state index in [9.17, 15) is 18.0 Å². The van der Waals surface area contributed by atoms with Gasteiger partial charge in [0, 0.05) is 23.0 Å². The molecular weight excluding hydrogens is 414 g/mol. The number of benzene rings is 2. The van der Waals surface area contributed by atoms with E-state index in [2.05, 4.69) is 0 Å². The van der Waals surface area contributed by atoms with Crippen LogP contribution in [0.3, 0.4) is 0 Å². The van der Waals surface area contributed by atoms with Crippen molar-refractivity contribution in [3.05, 3.63) is 81.2 Å².